The summed E-state index contributed by atoms with van der Waals surface area (Å²) in [6.45, 7) is 9.20. The maximum atomic E-state index is 12.7. The predicted molar refractivity (Wildman–Crippen MR) is 77.3 cm³/mol. The van der Waals surface area contributed by atoms with Gasteiger partial charge in [0.15, 0.2) is 5.78 Å². The van der Waals surface area contributed by atoms with Crippen molar-refractivity contribution in [3.8, 4) is 0 Å². The van der Waals surface area contributed by atoms with E-state index < -0.39 is 0 Å². The highest BCUT2D eigenvalue weighted by Crippen LogP contribution is 2.33. The van der Waals surface area contributed by atoms with Crippen molar-refractivity contribution < 1.29 is 14.3 Å². The van der Waals surface area contributed by atoms with Crippen LogP contribution in [-0.4, -0.2) is 41.9 Å². The second kappa shape index (κ2) is 6.25. The number of ketones is 1. The Morgan fingerprint density at radius 2 is 2.15 bits per heavy atom. The highest BCUT2D eigenvalue weighted by molar-refractivity contribution is 5.93. The Morgan fingerprint density at radius 3 is 2.80 bits per heavy atom. The minimum atomic E-state index is -0.321. The number of nitrogens with zero attached hydrogens (tertiary/aromatic N) is 1. The number of carbonyl (C=O) groups is 2. The summed E-state index contributed by atoms with van der Waals surface area (Å²) in [5.41, 5.74) is 0. The van der Waals surface area contributed by atoms with Gasteiger partial charge in [-0.05, 0) is 12.3 Å². The van der Waals surface area contributed by atoms with Crippen LogP contribution in [0.1, 0.15) is 47.0 Å². The molecule has 114 valence electrons. The molecule has 0 bridgehead atoms. The van der Waals surface area contributed by atoms with E-state index in [0.717, 1.165) is 19.3 Å². The van der Waals surface area contributed by atoms with Gasteiger partial charge >= 0.3 is 0 Å². The number of rotatable bonds is 5. The Balaban J connectivity index is 2.03. The highest BCUT2D eigenvalue weighted by atomic mass is 16.5. The molecule has 2 heterocycles. The number of Topliss-reactive ketones (excluding diaryl/α,β-unsaturated/α-hetero) is 1. The van der Waals surface area contributed by atoms with Crippen molar-refractivity contribution in [2.45, 2.75) is 59.1 Å². The summed E-state index contributed by atoms with van der Waals surface area (Å²) in [5, 5.41) is 0. The van der Waals surface area contributed by atoms with Crippen LogP contribution in [0, 0.1) is 17.8 Å². The van der Waals surface area contributed by atoms with E-state index in [-0.39, 0.29) is 42.3 Å². The molecule has 0 aromatic rings. The van der Waals surface area contributed by atoms with Gasteiger partial charge in [0.2, 0.25) is 5.91 Å². The fourth-order valence-electron chi connectivity index (χ4n) is 3.40. The number of carbonyl (C=O) groups excluding carboxylic acids is 2. The first-order chi connectivity index (χ1) is 9.47. The molecule has 5 atom stereocenters. The summed E-state index contributed by atoms with van der Waals surface area (Å²) < 4.78 is 5.54. The third-order valence-corrected chi connectivity index (χ3v) is 4.98. The molecule has 0 radical (unpaired) electrons. The molecule has 2 aliphatic rings. The standard InChI is InChI=1S/C16H27NO3/c1-5-6-7-10(2)12(4)16(19)17-8-11(3)15-14(17)13(18)9-20-15/h10-12,14-15H,5-9H2,1-4H3. The number of unbranched alkanes of at least 4 members (excludes halogenated alkanes) is 1. The van der Waals surface area contributed by atoms with Crippen LogP contribution in [0.25, 0.3) is 0 Å². The zero-order chi connectivity index (χ0) is 14.9. The summed E-state index contributed by atoms with van der Waals surface area (Å²) in [6, 6.07) is -0.321. The second-order valence-corrected chi connectivity index (χ2v) is 6.56. The maximum absolute atomic E-state index is 12.7. The number of likely N-dealkylation sites (tertiary alicyclic amines) is 1. The Bertz CT molecular complexity index is 382. The minimum absolute atomic E-state index is 0.0131. The summed E-state index contributed by atoms with van der Waals surface area (Å²) >= 11 is 0. The van der Waals surface area contributed by atoms with Gasteiger partial charge in [0.1, 0.15) is 12.6 Å². The van der Waals surface area contributed by atoms with Crippen molar-refractivity contribution in [2.75, 3.05) is 13.2 Å². The molecule has 2 fully saturated rings. The van der Waals surface area contributed by atoms with Crippen molar-refractivity contribution in [3.05, 3.63) is 0 Å². The molecule has 0 spiro atoms. The number of hydrogen-bond donors (Lipinski definition) is 0. The van der Waals surface area contributed by atoms with Crippen LogP contribution < -0.4 is 0 Å². The van der Waals surface area contributed by atoms with Gasteiger partial charge in [-0.25, -0.2) is 0 Å². The van der Waals surface area contributed by atoms with Crippen molar-refractivity contribution in [1.29, 1.82) is 0 Å². The van der Waals surface area contributed by atoms with Crippen LogP contribution in [0.5, 0.6) is 0 Å². The molecule has 2 rings (SSSR count). The van der Waals surface area contributed by atoms with Gasteiger partial charge in [0.25, 0.3) is 0 Å². The monoisotopic (exact) mass is 281 g/mol. The SMILES string of the molecule is CCCCC(C)C(C)C(=O)N1CC(C)C2OCC(=O)C21. The lowest BCUT2D eigenvalue weighted by Crippen LogP contribution is -2.45. The average molecular weight is 281 g/mol. The van der Waals surface area contributed by atoms with Crippen LogP contribution in [0.2, 0.25) is 0 Å². The van der Waals surface area contributed by atoms with E-state index in [2.05, 4.69) is 20.8 Å². The molecule has 4 heteroatoms. The first-order valence-corrected chi connectivity index (χ1v) is 7.92. The van der Waals surface area contributed by atoms with Crippen LogP contribution in [-0.2, 0) is 14.3 Å². The van der Waals surface area contributed by atoms with E-state index in [4.69, 9.17) is 4.74 Å². The highest BCUT2D eigenvalue weighted by Gasteiger charge is 2.51. The Hall–Kier alpha value is -0.900. The average Bonchev–Trinajstić information content (AvgIpc) is 2.96. The topological polar surface area (TPSA) is 46.6 Å². The molecule has 1 amide bonds. The smallest absolute Gasteiger partial charge is 0.226 e. The van der Waals surface area contributed by atoms with Crippen molar-refractivity contribution in [2.24, 2.45) is 17.8 Å². The minimum Gasteiger partial charge on any atom is -0.367 e. The third-order valence-electron chi connectivity index (χ3n) is 4.98. The van der Waals surface area contributed by atoms with Crippen molar-refractivity contribution in [1.82, 2.24) is 4.90 Å². The maximum Gasteiger partial charge on any atom is 0.226 e. The molecule has 0 saturated carbocycles. The molecular weight excluding hydrogens is 254 g/mol. The van der Waals surface area contributed by atoms with E-state index in [1.165, 1.54) is 0 Å². The summed E-state index contributed by atoms with van der Waals surface area (Å²) in [6.07, 6.45) is 3.31. The van der Waals surface area contributed by atoms with Gasteiger partial charge in [0, 0.05) is 18.4 Å². The van der Waals surface area contributed by atoms with Gasteiger partial charge in [0.05, 0.1) is 6.10 Å². The van der Waals surface area contributed by atoms with Crippen LogP contribution in [0.15, 0.2) is 0 Å². The number of amides is 1. The largest absolute Gasteiger partial charge is 0.367 e. The lowest BCUT2D eigenvalue weighted by atomic mass is 9.89. The Morgan fingerprint density at radius 1 is 1.45 bits per heavy atom. The fourth-order valence-corrected chi connectivity index (χ4v) is 3.40. The zero-order valence-electron chi connectivity index (χ0n) is 13.1. The first-order valence-electron chi connectivity index (χ1n) is 7.92. The normalized spacial score (nSPS) is 32.3. The molecule has 4 nitrogen and oxygen atoms in total. The summed E-state index contributed by atoms with van der Waals surface area (Å²) in [4.78, 5) is 26.5. The molecule has 2 aliphatic heterocycles. The van der Waals surface area contributed by atoms with Crippen molar-refractivity contribution >= 4 is 11.7 Å². The fraction of sp³-hybridized carbons (Fsp3) is 0.875. The molecule has 0 aromatic heterocycles. The Kier molecular flexibility index (Phi) is 4.84. The molecule has 5 unspecified atom stereocenters. The van der Waals surface area contributed by atoms with Gasteiger partial charge in [-0.1, -0.05) is 40.5 Å². The first kappa shape index (κ1) is 15.5. The molecule has 0 aliphatic carbocycles. The molecule has 2 saturated heterocycles. The van der Waals surface area contributed by atoms with E-state index in [1.807, 2.05) is 6.92 Å². The molecule has 0 N–H and O–H groups in total. The van der Waals surface area contributed by atoms with Crippen molar-refractivity contribution in [3.63, 3.8) is 0 Å². The quantitative estimate of drug-likeness (QED) is 0.776. The van der Waals surface area contributed by atoms with Gasteiger partial charge in [-0.15, -0.1) is 0 Å². The zero-order valence-corrected chi connectivity index (χ0v) is 13.1. The lowest BCUT2D eigenvalue weighted by molar-refractivity contribution is -0.141. The number of hydrogen-bond acceptors (Lipinski definition) is 3. The van der Waals surface area contributed by atoms with Crippen LogP contribution in [0.4, 0.5) is 0 Å². The summed E-state index contributed by atoms with van der Waals surface area (Å²) in [7, 11) is 0. The second-order valence-electron chi connectivity index (χ2n) is 6.56. The molecule has 20 heavy (non-hydrogen) atoms. The molecular formula is C16H27NO3. The Labute approximate surface area is 121 Å². The predicted octanol–water partition coefficient (Wildman–Crippen LogP) is 2.26. The molecule has 0 aromatic carbocycles. The van der Waals surface area contributed by atoms with Crippen LogP contribution in [0.3, 0.4) is 0 Å². The summed E-state index contributed by atoms with van der Waals surface area (Å²) in [5.74, 6) is 0.816. The van der Waals surface area contributed by atoms with E-state index in [9.17, 15) is 9.59 Å². The van der Waals surface area contributed by atoms with Crippen LogP contribution >= 0.6 is 0 Å². The van der Waals surface area contributed by atoms with E-state index >= 15 is 0 Å². The number of ether oxygens (including phenoxy) is 1. The van der Waals surface area contributed by atoms with E-state index in [0.29, 0.717) is 12.5 Å². The van der Waals surface area contributed by atoms with E-state index in [1.54, 1.807) is 4.90 Å². The lowest BCUT2D eigenvalue weighted by Gasteiger charge is -2.28. The van der Waals surface area contributed by atoms with Gasteiger partial charge in [-0.3, -0.25) is 9.59 Å². The third kappa shape index (κ3) is 2.76. The van der Waals surface area contributed by atoms with Gasteiger partial charge < -0.3 is 9.64 Å². The number of fused-ring (bicyclic) bond motifs is 1. The van der Waals surface area contributed by atoms with Gasteiger partial charge in [-0.2, -0.15) is 0 Å².